The van der Waals surface area contributed by atoms with Crippen molar-refractivity contribution in [3.63, 3.8) is 0 Å². The molecule has 5 aromatic rings. The van der Waals surface area contributed by atoms with Crippen LogP contribution in [-0.4, -0.2) is 22.9 Å². The van der Waals surface area contributed by atoms with E-state index < -0.39 is 4.92 Å². The molecule has 0 aliphatic carbocycles. The smallest absolute Gasteiger partial charge is 0.270 e. The van der Waals surface area contributed by atoms with Crippen LogP contribution < -0.4 is 10.1 Å². The van der Waals surface area contributed by atoms with Crippen LogP contribution in [0.15, 0.2) is 71.4 Å². The highest BCUT2D eigenvalue weighted by atomic mass is 32.1. The molecule has 0 aliphatic heterocycles. The highest BCUT2D eigenvalue weighted by Crippen LogP contribution is 2.40. The summed E-state index contributed by atoms with van der Waals surface area (Å²) < 4.78 is 12.2. The quantitative estimate of drug-likeness (QED) is 0.153. The van der Waals surface area contributed by atoms with Gasteiger partial charge in [-0.3, -0.25) is 20.2 Å². The zero-order valence-electron chi connectivity index (χ0n) is 19.7. The van der Waals surface area contributed by atoms with Gasteiger partial charge in [0.1, 0.15) is 11.3 Å². The molecule has 0 spiro atoms. The van der Waals surface area contributed by atoms with E-state index in [0.29, 0.717) is 26.7 Å². The van der Waals surface area contributed by atoms with Crippen LogP contribution in [0.25, 0.3) is 37.9 Å². The number of nitrogens with zero attached hydrogens (tertiary/aromatic N) is 2. The lowest BCUT2D eigenvalue weighted by Gasteiger charge is -2.13. The summed E-state index contributed by atoms with van der Waals surface area (Å²) in [4.78, 5) is 27.8. The molecule has 5 rings (SSSR count). The van der Waals surface area contributed by atoms with Gasteiger partial charge in [-0.2, -0.15) is 0 Å². The Labute approximate surface area is 210 Å². The minimum absolute atomic E-state index is 0.0215. The lowest BCUT2D eigenvalue weighted by molar-refractivity contribution is -0.384. The molecule has 0 saturated heterocycles. The minimum atomic E-state index is -0.459. The number of ether oxygens (including phenoxy) is 1. The third-order valence-corrected chi connectivity index (χ3v) is 6.85. The van der Waals surface area contributed by atoms with Gasteiger partial charge in [0.2, 0.25) is 5.91 Å². The minimum Gasteiger partial charge on any atom is -0.496 e. The Morgan fingerprint density at radius 1 is 1.19 bits per heavy atom. The number of aromatic nitrogens is 1. The number of nitro benzene ring substituents is 1. The van der Waals surface area contributed by atoms with Gasteiger partial charge in [-0.15, -0.1) is 0 Å². The van der Waals surface area contributed by atoms with Crippen molar-refractivity contribution in [1.82, 2.24) is 4.98 Å². The van der Waals surface area contributed by atoms with Gasteiger partial charge in [-0.05, 0) is 37.1 Å². The Balaban J connectivity index is 1.49. The van der Waals surface area contributed by atoms with Crippen molar-refractivity contribution in [3.05, 3.63) is 88.2 Å². The summed E-state index contributed by atoms with van der Waals surface area (Å²) in [6.07, 6.45) is 3.22. The molecule has 0 unspecified atom stereocenters. The number of anilines is 1. The Bertz CT molecular complexity index is 1670. The zero-order valence-corrected chi connectivity index (χ0v) is 20.5. The van der Waals surface area contributed by atoms with E-state index in [0.717, 1.165) is 33.2 Å². The van der Waals surface area contributed by atoms with E-state index in [2.05, 4.69) is 10.3 Å². The number of hydrogen-bond donors (Lipinski definition) is 1. The molecule has 8 nitrogen and oxygen atoms in total. The molecular weight excluding hydrogens is 478 g/mol. The first-order valence-corrected chi connectivity index (χ1v) is 11.9. The molecule has 0 atom stereocenters. The Morgan fingerprint density at radius 2 is 1.97 bits per heavy atom. The average Bonchev–Trinajstić information content (AvgIpc) is 3.47. The van der Waals surface area contributed by atoms with E-state index in [1.807, 2.05) is 50.2 Å². The highest BCUT2D eigenvalue weighted by molar-refractivity contribution is 7.22. The lowest BCUT2D eigenvalue weighted by Crippen LogP contribution is -2.08. The molecule has 0 aliphatic rings. The summed E-state index contributed by atoms with van der Waals surface area (Å²) in [7, 11) is 1.59. The number of fused-ring (bicyclic) bond motifs is 2. The number of nitrogens with one attached hydrogen (secondary N) is 1. The number of methoxy groups -OCH3 is 1. The molecule has 2 aromatic heterocycles. The van der Waals surface area contributed by atoms with Gasteiger partial charge in [0, 0.05) is 40.3 Å². The molecule has 1 amide bonds. The fourth-order valence-corrected chi connectivity index (χ4v) is 5.11. The predicted molar refractivity (Wildman–Crippen MR) is 141 cm³/mol. The van der Waals surface area contributed by atoms with Crippen LogP contribution in [0.4, 0.5) is 10.8 Å². The standard InChI is InChI=1S/C27H21N3O5S/c1-15(11-24(31)29-27-28-22-10-9-18(30(32)33)12-23(22)36-27)19-13-20-21(17-7-5-4-6-8-17)14-35-26(20)16(2)25(19)34-3/h4-14H,1-3H3,(H,28,29,31)/b15-11+. The van der Waals surface area contributed by atoms with Gasteiger partial charge in [-0.25, -0.2) is 4.98 Å². The number of non-ortho nitro benzene ring substituents is 1. The van der Waals surface area contributed by atoms with E-state index in [4.69, 9.17) is 9.15 Å². The SMILES string of the molecule is COc1c(/C(C)=C/C(=O)Nc2nc3ccc([N+](=O)[O-])cc3s2)cc2c(-c3ccccc3)coc2c1C. The second kappa shape index (κ2) is 9.27. The third kappa shape index (κ3) is 4.20. The molecule has 0 saturated carbocycles. The number of thiazole rings is 1. The van der Waals surface area contributed by atoms with Crippen molar-refractivity contribution < 1.29 is 18.9 Å². The largest absolute Gasteiger partial charge is 0.496 e. The van der Waals surface area contributed by atoms with E-state index in [1.165, 1.54) is 29.5 Å². The van der Waals surface area contributed by atoms with Gasteiger partial charge in [0.05, 0.1) is 28.5 Å². The Morgan fingerprint density at radius 3 is 2.69 bits per heavy atom. The van der Waals surface area contributed by atoms with E-state index in [9.17, 15) is 14.9 Å². The van der Waals surface area contributed by atoms with Gasteiger partial charge in [-0.1, -0.05) is 41.7 Å². The molecular formula is C27H21N3O5S. The second-order valence-electron chi connectivity index (χ2n) is 8.22. The van der Waals surface area contributed by atoms with Crippen molar-refractivity contribution in [2.45, 2.75) is 13.8 Å². The molecule has 2 heterocycles. The first kappa shape index (κ1) is 23.3. The number of rotatable bonds is 6. The average molecular weight is 500 g/mol. The topological polar surface area (TPSA) is 108 Å². The number of aryl methyl sites for hydroxylation is 1. The molecule has 0 fully saturated rings. The van der Waals surface area contributed by atoms with Crippen molar-refractivity contribution in [3.8, 4) is 16.9 Å². The number of carbonyl (C=O) groups is 1. The number of hydrogen-bond acceptors (Lipinski definition) is 7. The summed E-state index contributed by atoms with van der Waals surface area (Å²) in [5.41, 5.74) is 5.59. The maximum absolute atomic E-state index is 12.8. The Kier molecular flexibility index (Phi) is 5.99. The summed E-state index contributed by atoms with van der Waals surface area (Å²) in [5, 5.41) is 15.1. The van der Waals surface area contributed by atoms with Gasteiger partial charge < -0.3 is 9.15 Å². The predicted octanol–water partition coefficient (Wildman–Crippen LogP) is 6.98. The number of allylic oxidation sites excluding steroid dienone is 1. The first-order chi connectivity index (χ1) is 17.4. The first-order valence-electron chi connectivity index (χ1n) is 11.0. The zero-order chi connectivity index (χ0) is 25.4. The Hall–Kier alpha value is -4.50. The van der Waals surface area contributed by atoms with Crippen LogP contribution in [-0.2, 0) is 4.79 Å². The number of nitro groups is 1. The number of amides is 1. The van der Waals surface area contributed by atoms with Crippen LogP contribution in [0, 0.1) is 17.0 Å². The number of carbonyl (C=O) groups excluding carboxylic acids is 1. The van der Waals surface area contributed by atoms with Crippen LogP contribution in [0.5, 0.6) is 5.75 Å². The lowest BCUT2D eigenvalue weighted by atomic mass is 9.96. The van der Waals surface area contributed by atoms with Crippen LogP contribution in [0.3, 0.4) is 0 Å². The van der Waals surface area contributed by atoms with Crippen molar-refractivity contribution in [2.24, 2.45) is 0 Å². The number of benzene rings is 3. The van der Waals surface area contributed by atoms with Gasteiger partial charge in [0.15, 0.2) is 5.13 Å². The van der Waals surface area contributed by atoms with Crippen LogP contribution in [0.1, 0.15) is 18.1 Å². The van der Waals surface area contributed by atoms with Crippen LogP contribution in [0.2, 0.25) is 0 Å². The summed E-state index contributed by atoms with van der Waals surface area (Å²) in [6.45, 7) is 3.77. The van der Waals surface area contributed by atoms with E-state index in [1.54, 1.807) is 19.4 Å². The van der Waals surface area contributed by atoms with Gasteiger partial charge >= 0.3 is 0 Å². The molecule has 0 radical (unpaired) electrons. The second-order valence-corrected chi connectivity index (χ2v) is 9.25. The van der Waals surface area contributed by atoms with E-state index in [-0.39, 0.29) is 11.6 Å². The molecule has 0 bridgehead atoms. The molecule has 1 N–H and O–H groups in total. The maximum Gasteiger partial charge on any atom is 0.270 e. The summed E-state index contributed by atoms with van der Waals surface area (Å²) >= 11 is 1.18. The molecule has 3 aromatic carbocycles. The fourth-order valence-electron chi connectivity index (χ4n) is 4.21. The van der Waals surface area contributed by atoms with Gasteiger partial charge in [0.25, 0.3) is 5.69 Å². The third-order valence-electron chi connectivity index (χ3n) is 5.92. The molecule has 9 heteroatoms. The maximum atomic E-state index is 12.8. The fraction of sp³-hybridized carbons (Fsp3) is 0.111. The van der Waals surface area contributed by atoms with Crippen LogP contribution >= 0.6 is 11.3 Å². The summed E-state index contributed by atoms with van der Waals surface area (Å²) in [5.74, 6) is 0.265. The van der Waals surface area contributed by atoms with Crippen molar-refractivity contribution in [1.29, 1.82) is 0 Å². The normalized spacial score (nSPS) is 11.7. The summed E-state index contributed by atoms with van der Waals surface area (Å²) in [6, 6.07) is 16.3. The molecule has 36 heavy (non-hydrogen) atoms. The van der Waals surface area contributed by atoms with Crippen molar-refractivity contribution >= 4 is 54.8 Å². The highest BCUT2D eigenvalue weighted by Gasteiger charge is 2.19. The molecule has 180 valence electrons. The number of furan rings is 1. The van der Waals surface area contributed by atoms with Crippen molar-refractivity contribution in [2.75, 3.05) is 12.4 Å². The monoisotopic (exact) mass is 499 g/mol. The van der Waals surface area contributed by atoms with E-state index >= 15 is 0 Å².